The minimum atomic E-state index is -0.204. The Morgan fingerprint density at radius 1 is 1.47 bits per heavy atom. The molecule has 17 heavy (non-hydrogen) atoms. The predicted octanol–water partition coefficient (Wildman–Crippen LogP) is -1.06. The summed E-state index contributed by atoms with van der Waals surface area (Å²) < 4.78 is 4.74. The molecule has 0 spiro atoms. The van der Waals surface area contributed by atoms with Gasteiger partial charge in [-0.2, -0.15) is 0 Å². The maximum Gasteiger partial charge on any atom is 0.310 e. The van der Waals surface area contributed by atoms with Crippen molar-refractivity contribution in [2.45, 2.75) is 19.4 Å². The van der Waals surface area contributed by atoms with Crippen LogP contribution in [-0.4, -0.2) is 56.1 Å². The van der Waals surface area contributed by atoms with Crippen LogP contribution in [0.1, 0.15) is 13.3 Å². The van der Waals surface area contributed by atoms with E-state index in [0.29, 0.717) is 26.1 Å². The van der Waals surface area contributed by atoms with Crippen molar-refractivity contribution in [3.63, 3.8) is 0 Å². The second-order valence-corrected chi connectivity index (χ2v) is 4.46. The molecule has 1 amide bonds. The fourth-order valence-corrected chi connectivity index (χ4v) is 2.14. The van der Waals surface area contributed by atoms with Gasteiger partial charge in [0, 0.05) is 39.1 Å². The van der Waals surface area contributed by atoms with Crippen LogP contribution in [0.3, 0.4) is 0 Å². The standard InChI is InChI=1S/C11H21N3O3/c1-8(15)13-3-4-14-6-9(11(16)17-2)5-10(12)7-14/h9-10H,3-7,12H2,1-2H3,(H,13,15). The van der Waals surface area contributed by atoms with Gasteiger partial charge in [0.25, 0.3) is 0 Å². The number of rotatable bonds is 4. The van der Waals surface area contributed by atoms with Crippen LogP contribution in [0.15, 0.2) is 0 Å². The Bertz CT molecular complexity index is 283. The highest BCUT2D eigenvalue weighted by molar-refractivity contribution is 5.73. The summed E-state index contributed by atoms with van der Waals surface area (Å²) in [6.07, 6.45) is 0.670. The molecule has 3 N–H and O–H groups in total. The highest BCUT2D eigenvalue weighted by Gasteiger charge is 2.30. The summed E-state index contributed by atoms with van der Waals surface area (Å²) in [4.78, 5) is 24.3. The van der Waals surface area contributed by atoms with E-state index in [9.17, 15) is 9.59 Å². The number of carbonyl (C=O) groups excluding carboxylic acids is 2. The number of nitrogens with one attached hydrogen (secondary N) is 1. The summed E-state index contributed by atoms with van der Waals surface area (Å²) in [6.45, 7) is 4.18. The molecule has 1 saturated heterocycles. The van der Waals surface area contributed by atoms with Crippen LogP contribution in [-0.2, 0) is 14.3 Å². The number of piperidine rings is 1. The molecule has 1 aliphatic heterocycles. The van der Waals surface area contributed by atoms with Crippen molar-refractivity contribution in [1.29, 1.82) is 0 Å². The number of likely N-dealkylation sites (tertiary alicyclic amines) is 1. The highest BCUT2D eigenvalue weighted by atomic mass is 16.5. The first-order valence-corrected chi connectivity index (χ1v) is 5.83. The zero-order chi connectivity index (χ0) is 12.8. The quantitative estimate of drug-likeness (QED) is 0.615. The summed E-state index contributed by atoms with van der Waals surface area (Å²) >= 11 is 0. The Morgan fingerprint density at radius 2 is 2.18 bits per heavy atom. The molecule has 1 heterocycles. The van der Waals surface area contributed by atoms with Gasteiger partial charge in [-0.3, -0.25) is 14.5 Å². The van der Waals surface area contributed by atoms with Crippen molar-refractivity contribution in [3.05, 3.63) is 0 Å². The van der Waals surface area contributed by atoms with Gasteiger partial charge in [-0.15, -0.1) is 0 Å². The lowest BCUT2D eigenvalue weighted by molar-refractivity contribution is -0.147. The molecule has 6 heteroatoms. The van der Waals surface area contributed by atoms with Crippen molar-refractivity contribution < 1.29 is 14.3 Å². The van der Waals surface area contributed by atoms with Crippen LogP contribution < -0.4 is 11.1 Å². The van der Waals surface area contributed by atoms with Crippen LogP contribution in [0.5, 0.6) is 0 Å². The minimum Gasteiger partial charge on any atom is -0.469 e. The molecular weight excluding hydrogens is 222 g/mol. The summed E-state index contributed by atoms with van der Waals surface area (Å²) in [5.74, 6) is -0.401. The third kappa shape index (κ3) is 4.70. The fourth-order valence-electron chi connectivity index (χ4n) is 2.14. The zero-order valence-corrected chi connectivity index (χ0v) is 10.4. The maximum atomic E-state index is 11.5. The molecule has 98 valence electrons. The van der Waals surface area contributed by atoms with E-state index in [1.807, 2.05) is 0 Å². The molecule has 0 aromatic heterocycles. The van der Waals surface area contributed by atoms with Crippen LogP contribution >= 0.6 is 0 Å². The van der Waals surface area contributed by atoms with Gasteiger partial charge >= 0.3 is 5.97 Å². The van der Waals surface area contributed by atoms with Gasteiger partial charge in [0.1, 0.15) is 0 Å². The molecule has 1 aliphatic rings. The number of ether oxygens (including phenoxy) is 1. The minimum absolute atomic E-state index is 0.00909. The Kier molecular flexibility index (Phi) is 5.37. The summed E-state index contributed by atoms with van der Waals surface area (Å²) in [7, 11) is 1.39. The fraction of sp³-hybridized carbons (Fsp3) is 0.818. The number of methoxy groups -OCH3 is 1. The number of carbonyl (C=O) groups is 2. The van der Waals surface area contributed by atoms with Gasteiger partial charge in [0.2, 0.25) is 5.91 Å². The summed E-state index contributed by atoms with van der Waals surface area (Å²) in [5, 5.41) is 2.73. The van der Waals surface area contributed by atoms with Crippen molar-refractivity contribution in [2.75, 3.05) is 33.3 Å². The number of nitrogens with zero attached hydrogens (tertiary/aromatic N) is 1. The molecule has 0 saturated carbocycles. The monoisotopic (exact) mass is 243 g/mol. The smallest absolute Gasteiger partial charge is 0.310 e. The second kappa shape index (κ2) is 6.56. The number of hydrogen-bond donors (Lipinski definition) is 2. The Hall–Kier alpha value is -1.14. The lowest BCUT2D eigenvalue weighted by Crippen LogP contribution is -2.50. The van der Waals surface area contributed by atoms with E-state index in [2.05, 4.69) is 10.2 Å². The SMILES string of the molecule is COC(=O)C1CC(N)CN(CCNC(C)=O)C1. The summed E-state index contributed by atoms with van der Waals surface area (Å²) in [5.41, 5.74) is 5.90. The molecule has 6 nitrogen and oxygen atoms in total. The van der Waals surface area contributed by atoms with Gasteiger partial charge in [-0.1, -0.05) is 0 Å². The Morgan fingerprint density at radius 3 is 2.76 bits per heavy atom. The first kappa shape index (κ1) is 13.9. The van der Waals surface area contributed by atoms with Gasteiger partial charge in [0.05, 0.1) is 13.0 Å². The van der Waals surface area contributed by atoms with E-state index in [-0.39, 0.29) is 23.8 Å². The Labute approximate surface area is 101 Å². The highest BCUT2D eigenvalue weighted by Crippen LogP contribution is 2.16. The van der Waals surface area contributed by atoms with Crippen LogP contribution in [0.2, 0.25) is 0 Å². The first-order chi connectivity index (χ1) is 8.02. The van der Waals surface area contributed by atoms with Crippen molar-refractivity contribution in [1.82, 2.24) is 10.2 Å². The van der Waals surface area contributed by atoms with E-state index >= 15 is 0 Å². The zero-order valence-electron chi connectivity index (χ0n) is 10.4. The van der Waals surface area contributed by atoms with Gasteiger partial charge < -0.3 is 15.8 Å². The molecule has 0 bridgehead atoms. The van der Waals surface area contributed by atoms with Crippen LogP contribution in [0.25, 0.3) is 0 Å². The first-order valence-electron chi connectivity index (χ1n) is 5.83. The van der Waals surface area contributed by atoms with E-state index < -0.39 is 0 Å². The summed E-state index contributed by atoms with van der Waals surface area (Å²) in [6, 6.07) is -0.00909. The van der Waals surface area contributed by atoms with Crippen molar-refractivity contribution >= 4 is 11.9 Å². The van der Waals surface area contributed by atoms with Crippen molar-refractivity contribution in [3.8, 4) is 0 Å². The maximum absolute atomic E-state index is 11.5. The second-order valence-electron chi connectivity index (χ2n) is 4.46. The molecule has 0 aromatic rings. The molecule has 1 rings (SSSR count). The molecule has 1 fully saturated rings. The number of nitrogens with two attached hydrogens (primary N) is 1. The van der Waals surface area contributed by atoms with E-state index in [4.69, 9.17) is 10.5 Å². The lowest BCUT2D eigenvalue weighted by Gasteiger charge is -2.34. The van der Waals surface area contributed by atoms with Gasteiger partial charge in [0.15, 0.2) is 0 Å². The molecule has 2 atom stereocenters. The van der Waals surface area contributed by atoms with Gasteiger partial charge in [-0.25, -0.2) is 0 Å². The van der Waals surface area contributed by atoms with E-state index in [1.54, 1.807) is 0 Å². The molecule has 0 aliphatic carbocycles. The molecule has 2 unspecified atom stereocenters. The predicted molar refractivity (Wildman–Crippen MR) is 63.2 cm³/mol. The normalized spacial score (nSPS) is 25.4. The average Bonchev–Trinajstić information content (AvgIpc) is 2.26. The molecular formula is C11H21N3O3. The van der Waals surface area contributed by atoms with Crippen LogP contribution in [0.4, 0.5) is 0 Å². The third-order valence-corrected chi connectivity index (χ3v) is 2.90. The lowest BCUT2D eigenvalue weighted by atomic mass is 9.95. The topological polar surface area (TPSA) is 84.7 Å². The number of amides is 1. The largest absolute Gasteiger partial charge is 0.469 e. The Balaban J connectivity index is 2.39. The van der Waals surface area contributed by atoms with Gasteiger partial charge in [-0.05, 0) is 6.42 Å². The third-order valence-electron chi connectivity index (χ3n) is 2.90. The average molecular weight is 243 g/mol. The van der Waals surface area contributed by atoms with Crippen molar-refractivity contribution in [2.24, 2.45) is 11.7 Å². The molecule has 0 radical (unpaired) electrons. The molecule has 0 aromatic carbocycles. The van der Waals surface area contributed by atoms with E-state index in [1.165, 1.54) is 14.0 Å². The van der Waals surface area contributed by atoms with Crippen LogP contribution in [0, 0.1) is 5.92 Å². The van der Waals surface area contributed by atoms with E-state index in [0.717, 1.165) is 6.54 Å². The number of hydrogen-bond acceptors (Lipinski definition) is 5. The number of esters is 1.